The molecule has 0 unspecified atom stereocenters. The Balaban J connectivity index is 1.83. The molecule has 0 aliphatic heterocycles. The van der Waals surface area contributed by atoms with Gasteiger partial charge < -0.3 is 15.0 Å². The number of hydrogen-bond acceptors (Lipinski definition) is 5. The van der Waals surface area contributed by atoms with Crippen LogP contribution in [-0.2, 0) is 32.6 Å². The van der Waals surface area contributed by atoms with Crippen molar-refractivity contribution in [2.45, 2.75) is 37.2 Å². The van der Waals surface area contributed by atoms with E-state index in [1.807, 2.05) is 43.3 Å². The molecule has 2 amide bonds. The van der Waals surface area contributed by atoms with Gasteiger partial charge in [-0.2, -0.15) is 0 Å². The minimum absolute atomic E-state index is 0.00951. The minimum atomic E-state index is -4.30. The topological polar surface area (TPSA) is 96.0 Å². The van der Waals surface area contributed by atoms with Crippen LogP contribution in [0.2, 0.25) is 10.0 Å². The average molecular weight is 669 g/mol. The van der Waals surface area contributed by atoms with Gasteiger partial charge in [-0.05, 0) is 53.9 Å². The van der Waals surface area contributed by atoms with Gasteiger partial charge in [0.2, 0.25) is 11.8 Å². The highest BCUT2D eigenvalue weighted by molar-refractivity contribution is 7.92. The number of benzene rings is 4. The lowest BCUT2D eigenvalue weighted by atomic mass is 10.0. The molecule has 0 fully saturated rings. The smallest absolute Gasteiger partial charge is 0.264 e. The van der Waals surface area contributed by atoms with Crippen molar-refractivity contribution in [2.24, 2.45) is 0 Å². The summed E-state index contributed by atoms with van der Waals surface area (Å²) >= 11 is 12.9. The van der Waals surface area contributed by atoms with Crippen LogP contribution >= 0.6 is 23.2 Å². The number of ether oxygens (including phenoxy) is 1. The average Bonchev–Trinajstić information content (AvgIpc) is 3.06. The van der Waals surface area contributed by atoms with Crippen LogP contribution in [0.4, 0.5) is 5.69 Å². The number of carbonyl (C=O) groups excluding carboxylic acids is 2. The van der Waals surface area contributed by atoms with Crippen LogP contribution in [0.25, 0.3) is 0 Å². The first-order chi connectivity index (χ1) is 21.6. The van der Waals surface area contributed by atoms with Crippen LogP contribution in [0.5, 0.6) is 5.75 Å². The number of nitrogens with zero attached hydrogens (tertiary/aromatic N) is 2. The van der Waals surface area contributed by atoms with Gasteiger partial charge in [0.05, 0.1) is 27.7 Å². The molecule has 4 aromatic carbocycles. The highest BCUT2D eigenvalue weighted by Gasteiger charge is 2.35. The number of sulfonamides is 1. The van der Waals surface area contributed by atoms with Crippen LogP contribution in [-0.4, -0.2) is 51.4 Å². The Morgan fingerprint density at radius 2 is 1.51 bits per heavy atom. The van der Waals surface area contributed by atoms with Gasteiger partial charge in [0.25, 0.3) is 10.0 Å². The molecule has 0 saturated heterocycles. The predicted molar refractivity (Wildman–Crippen MR) is 178 cm³/mol. The maximum Gasteiger partial charge on any atom is 0.264 e. The van der Waals surface area contributed by atoms with E-state index in [4.69, 9.17) is 27.9 Å². The second-order valence-electron chi connectivity index (χ2n) is 10.3. The first-order valence-corrected chi connectivity index (χ1v) is 16.6. The molecule has 0 aliphatic rings. The molecular weight excluding hydrogens is 633 g/mol. The molecule has 8 nitrogen and oxygen atoms in total. The Labute approximate surface area is 274 Å². The van der Waals surface area contributed by atoms with E-state index in [1.54, 1.807) is 49.6 Å². The maximum atomic E-state index is 14.5. The summed E-state index contributed by atoms with van der Waals surface area (Å²) in [5.41, 5.74) is 1.57. The summed E-state index contributed by atoms with van der Waals surface area (Å²) in [6, 6.07) is 27.9. The van der Waals surface area contributed by atoms with E-state index in [-0.39, 0.29) is 39.5 Å². The van der Waals surface area contributed by atoms with Gasteiger partial charge in [0.1, 0.15) is 18.3 Å². The highest BCUT2D eigenvalue weighted by atomic mass is 35.5. The number of amides is 2. The summed E-state index contributed by atoms with van der Waals surface area (Å²) < 4.78 is 34.5. The predicted octanol–water partition coefficient (Wildman–Crippen LogP) is 6.36. The molecule has 1 N–H and O–H groups in total. The van der Waals surface area contributed by atoms with Crippen LogP contribution in [0, 0.1) is 0 Å². The molecule has 0 heterocycles. The molecule has 0 spiro atoms. The molecule has 4 rings (SSSR count). The molecule has 11 heteroatoms. The van der Waals surface area contributed by atoms with Gasteiger partial charge in [0.15, 0.2) is 0 Å². The molecule has 0 saturated carbocycles. The van der Waals surface area contributed by atoms with E-state index < -0.39 is 28.5 Å². The molecule has 0 radical (unpaired) electrons. The highest BCUT2D eigenvalue weighted by Crippen LogP contribution is 2.35. The second-order valence-corrected chi connectivity index (χ2v) is 12.9. The minimum Gasteiger partial charge on any atom is -0.497 e. The van der Waals surface area contributed by atoms with Crippen molar-refractivity contribution in [3.8, 4) is 5.75 Å². The van der Waals surface area contributed by atoms with Crippen molar-refractivity contribution in [3.05, 3.63) is 124 Å². The van der Waals surface area contributed by atoms with Crippen molar-refractivity contribution in [1.82, 2.24) is 10.2 Å². The third-order valence-electron chi connectivity index (χ3n) is 7.12. The van der Waals surface area contributed by atoms with E-state index in [1.165, 1.54) is 29.2 Å². The maximum absolute atomic E-state index is 14.5. The SMILES string of the molecule is CCCNC(=O)[C@H](Cc1ccccc1)N(Cc1cccc(OC)c1)C(=O)CN(c1cccc(Cl)c1Cl)S(=O)(=O)c1ccccc1. The van der Waals surface area contributed by atoms with Crippen LogP contribution in [0.1, 0.15) is 24.5 Å². The molecule has 0 aromatic heterocycles. The second kappa shape index (κ2) is 15.8. The first-order valence-electron chi connectivity index (χ1n) is 14.4. The zero-order chi connectivity index (χ0) is 32.4. The van der Waals surface area contributed by atoms with Gasteiger partial charge in [-0.3, -0.25) is 13.9 Å². The van der Waals surface area contributed by atoms with Gasteiger partial charge >= 0.3 is 0 Å². The van der Waals surface area contributed by atoms with Gasteiger partial charge in [-0.1, -0.05) is 96.9 Å². The van der Waals surface area contributed by atoms with E-state index in [9.17, 15) is 18.0 Å². The van der Waals surface area contributed by atoms with E-state index in [0.717, 1.165) is 9.87 Å². The zero-order valence-corrected chi connectivity index (χ0v) is 27.4. The monoisotopic (exact) mass is 667 g/mol. The standard InChI is InChI=1S/C34H35Cl2N3O5S/c1-3-20-37-34(41)31(22-25-12-6-4-7-13-25)38(23-26-14-10-15-27(21-26)44-2)32(40)24-39(30-19-11-18-29(35)33(30)36)45(42,43)28-16-8-5-9-17-28/h4-19,21,31H,3,20,22-24H2,1-2H3,(H,37,41)/t31-/m0/s1. The molecule has 0 bridgehead atoms. The van der Waals surface area contributed by atoms with E-state index in [0.29, 0.717) is 24.3 Å². The van der Waals surface area contributed by atoms with Crippen LogP contribution < -0.4 is 14.4 Å². The lowest BCUT2D eigenvalue weighted by molar-refractivity contribution is -0.140. The van der Waals surface area contributed by atoms with Crippen molar-refractivity contribution in [1.29, 1.82) is 0 Å². The lowest BCUT2D eigenvalue weighted by Crippen LogP contribution is -2.53. The number of anilines is 1. The van der Waals surface area contributed by atoms with Gasteiger partial charge in [0, 0.05) is 19.5 Å². The largest absolute Gasteiger partial charge is 0.497 e. The molecule has 45 heavy (non-hydrogen) atoms. The fourth-order valence-corrected chi connectivity index (χ4v) is 6.70. The Morgan fingerprint density at radius 1 is 0.867 bits per heavy atom. The van der Waals surface area contributed by atoms with Crippen molar-refractivity contribution in [3.63, 3.8) is 0 Å². The normalized spacial score (nSPS) is 11.8. The third-order valence-corrected chi connectivity index (χ3v) is 9.70. The van der Waals surface area contributed by atoms with Crippen LogP contribution in [0.3, 0.4) is 0 Å². The first kappa shape index (κ1) is 33.8. The Kier molecular flexibility index (Phi) is 11.9. The summed E-state index contributed by atoms with van der Waals surface area (Å²) in [6.07, 6.45) is 0.902. The Bertz CT molecular complexity index is 1710. The molecule has 0 aliphatic carbocycles. The summed E-state index contributed by atoms with van der Waals surface area (Å²) in [7, 11) is -2.76. The van der Waals surface area contributed by atoms with Crippen molar-refractivity contribution < 1.29 is 22.7 Å². The summed E-state index contributed by atoms with van der Waals surface area (Å²) in [6.45, 7) is 1.72. The quantitative estimate of drug-likeness (QED) is 0.169. The van der Waals surface area contributed by atoms with E-state index >= 15 is 0 Å². The number of rotatable bonds is 14. The Hall–Kier alpha value is -4.05. The summed E-state index contributed by atoms with van der Waals surface area (Å²) in [5, 5.41) is 3.03. The number of methoxy groups -OCH3 is 1. The number of halogens is 2. The number of nitrogens with one attached hydrogen (secondary N) is 1. The molecule has 1 atom stereocenters. The fraction of sp³-hybridized carbons (Fsp3) is 0.235. The fourth-order valence-electron chi connectivity index (χ4n) is 4.81. The van der Waals surface area contributed by atoms with Gasteiger partial charge in [-0.15, -0.1) is 0 Å². The third kappa shape index (κ3) is 8.57. The lowest BCUT2D eigenvalue weighted by Gasteiger charge is -2.34. The summed E-state index contributed by atoms with van der Waals surface area (Å²) in [4.78, 5) is 29.6. The summed E-state index contributed by atoms with van der Waals surface area (Å²) in [5.74, 6) is -0.384. The van der Waals surface area contributed by atoms with Crippen molar-refractivity contribution >= 4 is 50.7 Å². The van der Waals surface area contributed by atoms with Crippen molar-refractivity contribution in [2.75, 3.05) is 24.5 Å². The number of hydrogen-bond donors (Lipinski definition) is 1. The zero-order valence-electron chi connectivity index (χ0n) is 25.0. The van der Waals surface area contributed by atoms with E-state index in [2.05, 4.69) is 5.32 Å². The number of carbonyl (C=O) groups is 2. The van der Waals surface area contributed by atoms with Crippen LogP contribution in [0.15, 0.2) is 108 Å². The molecular formula is C34H35Cl2N3O5S. The van der Waals surface area contributed by atoms with Gasteiger partial charge in [-0.25, -0.2) is 8.42 Å². The Morgan fingerprint density at radius 3 is 2.18 bits per heavy atom. The molecule has 4 aromatic rings. The molecule has 236 valence electrons.